The van der Waals surface area contributed by atoms with Crippen molar-refractivity contribution in [3.05, 3.63) is 34.3 Å². The lowest BCUT2D eigenvalue weighted by molar-refractivity contribution is 0.543. The highest BCUT2D eigenvalue weighted by atomic mass is 79.9. The molecule has 1 aromatic rings. The van der Waals surface area contributed by atoms with E-state index in [1.165, 1.54) is 23.1 Å². The van der Waals surface area contributed by atoms with Crippen LogP contribution in [0.2, 0.25) is 0 Å². The second-order valence-electron chi connectivity index (χ2n) is 3.22. The summed E-state index contributed by atoms with van der Waals surface area (Å²) in [4.78, 5) is 0. The van der Waals surface area contributed by atoms with E-state index in [4.69, 9.17) is 0 Å². The topological polar surface area (TPSA) is 12.0 Å². The fourth-order valence-corrected chi connectivity index (χ4v) is 2.75. The quantitative estimate of drug-likeness (QED) is 0.894. The Kier molecular flexibility index (Phi) is 3.30. The van der Waals surface area contributed by atoms with Crippen LogP contribution in [0, 0.1) is 0 Å². The van der Waals surface area contributed by atoms with Gasteiger partial charge in [-0.05, 0) is 17.7 Å². The molecule has 1 aliphatic rings. The van der Waals surface area contributed by atoms with Gasteiger partial charge in [-0.3, -0.25) is 0 Å². The molecule has 1 N–H and O–H groups in total. The first-order valence-electron chi connectivity index (χ1n) is 4.41. The predicted molar refractivity (Wildman–Crippen MR) is 62.1 cm³/mol. The van der Waals surface area contributed by atoms with Gasteiger partial charge in [-0.15, -0.1) is 0 Å². The summed E-state index contributed by atoms with van der Waals surface area (Å²) in [5.74, 6) is 1.13. The first-order chi connectivity index (χ1) is 6.34. The maximum absolute atomic E-state index is 3.48. The van der Waals surface area contributed by atoms with Crippen molar-refractivity contribution in [1.29, 1.82) is 0 Å². The Bertz CT molecular complexity index is 286. The molecule has 70 valence electrons. The van der Waals surface area contributed by atoms with E-state index < -0.39 is 0 Å². The van der Waals surface area contributed by atoms with Crippen molar-refractivity contribution in [2.24, 2.45) is 0 Å². The third-order valence-electron chi connectivity index (χ3n) is 2.12. The Morgan fingerprint density at radius 1 is 1.46 bits per heavy atom. The Morgan fingerprint density at radius 2 is 2.31 bits per heavy atom. The summed E-state index contributed by atoms with van der Waals surface area (Å²) < 4.78 is 1.18. The van der Waals surface area contributed by atoms with E-state index >= 15 is 0 Å². The van der Waals surface area contributed by atoms with Crippen LogP contribution in [-0.4, -0.2) is 18.3 Å². The summed E-state index contributed by atoms with van der Waals surface area (Å²) in [5.41, 5.74) is 1.41. The third-order valence-corrected chi connectivity index (χ3v) is 3.92. The van der Waals surface area contributed by atoms with E-state index in [2.05, 4.69) is 45.5 Å². The highest BCUT2D eigenvalue weighted by molar-refractivity contribution is 9.10. The lowest BCUT2D eigenvalue weighted by atomic mass is 10.2. The van der Waals surface area contributed by atoms with Gasteiger partial charge in [0.1, 0.15) is 0 Å². The van der Waals surface area contributed by atoms with Crippen molar-refractivity contribution in [3.8, 4) is 0 Å². The number of rotatable bonds is 3. The molecule has 0 aliphatic carbocycles. The van der Waals surface area contributed by atoms with Crippen LogP contribution in [0.25, 0.3) is 0 Å². The van der Waals surface area contributed by atoms with Crippen LogP contribution in [0.3, 0.4) is 0 Å². The van der Waals surface area contributed by atoms with Crippen molar-refractivity contribution in [3.63, 3.8) is 0 Å². The van der Waals surface area contributed by atoms with Gasteiger partial charge in [0, 0.05) is 28.6 Å². The molecular weight excluding hydrogens is 246 g/mol. The lowest BCUT2D eigenvalue weighted by Gasteiger charge is -2.26. The normalized spacial score (nSPS) is 17.0. The van der Waals surface area contributed by atoms with Crippen molar-refractivity contribution < 1.29 is 0 Å². The zero-order valence-corrected chi connectivity index (χ0v) is 9.70. The summed E-state index contributed by atoms with van der Waals surface area (Å²) in [6.07, 6.45) is 0. The van der Waals surface area contributed by atoms with Gasteiger partial charge in [-0.1, -0.05) is 28.1 Å². The molecule has 0 bridgehead atoms. The molecule has 0 atom stereocenters. The minimum atomic E-state index is 0.832. The highest BCUT2D eigenvalue weighted by Gasteiger charge is 2.16. The second kappa shape index (κ2) is 4.49. The Hall–Kier alpha value is 0.01000. The van der Waals surface area contributed by atoms with Crippen LogP contribution in [0.4, 0.5) is 0 Å². The first-order valence-corrected chi connectivity index (χ1v) is 6.25. The number of nitrogens with one attached hydrogen (secondary N) is 1. The Labute approximate surface area is 91.4 Å². The summed E-state index contributed by atoms with van der Waals surface area (Å²) in [7, 11) is 0. The van der Waals surface area contributed by atoms with Crippen molar-refractivity contribution in [2.75, 3.05) is 13.1 Å². The molecule has 1 heterocycles. The van der Waals surface area contributed by atoms with Gasteiger partial charge in [-0.2, -0.15) is 11.8 Å². The largest absolute Gasteiger partial charge is 0.314 e. The maximum Gasteiger partial charge on any atom is 0.0300 e. The minimum Gasteiger partial charge on any atom is -0.314 e. The SMILES string of the molecule is Brc1cccc(CSC2CNC2)c1. The summed E-state index contributed by atoms with van der Waals surface area (Å²) in [5, 5.41) is 4.11. The lowest BCUT2D eigenvalue weighted by Crippen LogP contribution is -2.44. The summed E-state index contributed by atoms with van der Waals surface area (Å²) in [6, 6.07) is 8.54. The standard InChI is InChI=1S/C10H12BrNS/c11-9-3-1-2-8(4-9)7-13-10-5-12-6-10/h1-4,10,12H,5-7H2. The fraction of sp³-hybridized carbons (Fsp3) is 0.400. The van der Waals surface area contributed by atoms with Gasteiger partial charge in [0.25, 0.3) is 0 Å². The highest BCUT2D eigenvalue weighted by Crippen LogP contribution is 2.22. The number of hydrogen-bond donors (Lipinski definition) is 1. The van der Waals surface area contributed by atoms with Gasteiger partial charge < -0.3 is 5.32 Å². The molecule has 13 heavy (non-hydrogen) atoms. The van der Waals surface area contributed by atoms with E-state index in [0.717, 1.165) is 11.0 Å². The van der Waals surface area contributed by atoms with Gasteiger partial charge in [0.05, 0.1) is 0 Å². The van der Waals surface area contributed by atoms with E-state index in [-0.39, 0.29) is 0 Å². The molecule has 0 amide bonds. The molecule has 0 unspecified atom stereocenters. The van der Waals surface area contributed by atoms with Crippen molar-refractivity contribution in [1.82, 2.24) is 5.32 Å². The molecule has 1 aromatic carbocycles. The maximum atomic E-state index is 3.48. The van der Waals surface area contributed by atoms with Gasteiger partial charge in [0.15, 0.2) is 0 Å². The van der Waals surface area contributed by atoms with Crippen LogP contribution >= 0.6 is 27.7 Å². The molecule has 0 aromatic heterocycles. The molecule has 0 radical (unpaired) electrons. The monoisotopic (exact) mass is 257 g/mol. The zero-order valence-electron chi connectivity index (χ0n) is 7.29. The number of halogens is 1. The molecule has 1 saturated heterocycles. The second-order valence-corrected chi connectivity index (χ2v) is 5.43. The molecule has 3 heteroatoms. The van der Waals surface area contributed by atoms with E-state index in [0.29, 0.717) is 0 Å². The zero-order chi connectivity index (χ0) is 9.10. The molecule has 2 rings (SSSR count). The molecule has 1 nitrogen and oxygen atoms in total. The van der Waals surface area contributed by atoms with E-state index in [9.17, 15) is 0 Å². The summed E-state index contributed by atoms with van der Waals surface area (Å²) in [6.45, 7) is 2.36. The van der Waals surface area contributed by atoms with E-state index in [1.807, 2.05) is 11.8 Å². The average molecular weight is 258 g/mol. The van der Waals surface area contributed by atoms with Crippen molar-refractivity contribution in [2.45, 2.75) is 11.0 Å². The molecular formula is C10H12BrNS. The fourth-order valence-electron chi connectivity index (χ4n) is 1.22. The van der Waals surface area contributed by atoms with Crippen molar-refractivity contribution >= 4 is 27.7 Å². The molecule has 0 saturated carbocycles. The van der Waals surface area contributed by atoms with Crippen LogP contribution in [0.5, 0.6) is 0 Å². The van der Waals surface area contributed by atoms with Crippen LogP contribution in [0.1, 0.15) is 5.56 Å². The van der Waals surface area contributed by atoms with Gasteiger partial charge in [-0.25, -0.2) is 0 Å². The van der Waals surface area contributed by atoms with Crippen LogP contribution in [-0.2, 0) is 5.75 Å². The number of benzene rings is 1. The van der Waals surface area contributed by atoms with Gasteiger partial charge in [0.2, 0.25) is 0 Å². The first kappa shape index (κ1) is 9.56. The number of thioether (sulfide) groups is 1. The van der Waals surface area contributed by atoms with E-state index in [1.54, 1.807) is 0 Å². The molecule has 1 fully saturated rings. The number of hydrogen-bond acceptors (Lipinski definition) is 2. The third kappa shape index (κ3) is 2.73. The minimum absolute atomic E-state index is 0.832. The van der Waals surface area contributed by atoms with Crippen LogP contribution < -0.4 is 5.32 Å². The molecule has 1 aliphatic heterocycles. The smallest absolute Gasteiger partial charge is 0.0300 e. The molecule has 0 spiro atoms. The Balaban J connectivity index is 1.86. The Morgan fingerprint density at radius 3 is 2.92 bits per heavy atom. The van der Waals surface area contributed by atoms with Gasteiger partial charge >= 0.3 is 0 Å². The summed E-state index contributed by atoms with van der Waals surface area (Å²) >= 11 is 5.52. The predicted octanol–water partition coefficient (Wildman–Crippen LogP) is 2.65. The average Bonchev–Trinajstić information content (AvgIpc) is 2.01. The van der Waals surface area contributed by atoms with Crippen LogP contribution in [0.15, 0.2) is 28.7 Å².